The van der Waals surface area contributed by atoms with Crippen molar-refractivity contribution in [3.8, 4) is 0 Å². The topological polar surface area (TPSA) is 212 Å². The molecule has 2 atom stereocenters. The first kappa shape index (κ1) is 52.3. The number of carbonyl (C=O) groups excluding carboxylic acids is 5. The average Bonchev–Trinajstić information content (AvgIpc) is 3.16. The molecule has 0 bridgehead atoms. The Kier molecular flexibility index (Phi) is 23.8. The smallest absolute Gasteiger partial charge is 0.410 e. The standard InChI is InChI=1S/C40H73N5O13/c1-30-29-44(37(52)58-40(8,9)10)20-19-43(36(51)57-39(5,6)7)21-22-45(30)31(35(50)56-38(2,3)4)13-14-32(46)41-17-11-23-53-25-27-55-28-26-54-24-12-18-42-33(47)15-16-34(48)49/h30-31H,11-29H2,1-10H3,(H,41,46)(H,42,47)(H,48,49). The molecular formula is C40H73N5O13. The van der Waals surface area contributed by atoms with Gasteiger partial charge in [-0.1, -0.05) is 0 Å². The summed E-state index contributed by atoms with van der Waals surface area (Å²) in [7, 11) is 0. The van der Waals surface area contributed by atoms with E-state index in [4.69, 9.17) is 33.5 Å². The Hall–Kier alpha value is -3.74. The summed E-state index contributed by atoms with van der Waals surface area (Å²) in [5, 5.41) is 14.1. The third-order valence-electron chi connectivity index (χ3n) is 8.23. The third-order valence-corrected chi connectivity index (χ3v) is 8.23. The first-order chi connectivity index (χ1) is 27.0. The molecular weight excluding hydrogens is 758 g/mol. The Morgan fingerprint density at radius 2 is 1.03 bits per heavy atom. The second kappa shape index (κ2) is 26.4. The maximum atomic E-state index is 13.8. The molecule has 0 spiro atoms. The number of nitrogens with zero attached hydrogens (tertiary/aromatic N) is 3. The molecule has 0 radical (unpaired) electrons. The lowest BCUT2D eigenvalue weighted by molar-refractivity contribution is -0.163. The summed E-state index contributed by atoms with van der Waals surface area (Å²) >= 11 is 0. The number of amides is 4. The molecule has 1 aliphatic rings. The van der Waals surface area contributed by atoms with Crippen molar-refractivity contribution in [3.63, 3.8) is 0 Å². The van der Waals surface area contributed by atoms with Crippen molar-refractivity contribution in [1.29, 1.82) is 0 Å². The second-order valence-corrected chi connectivity index (χ2v) is 17.2. The van der Waals surface area contributed by atoms with E-state index in [2.05, 4.69) is 10.6 Å². The Labute approximate surface area is 345 Å². The molecule has 0 aliphatic carbocycles. The molecule has 58 heavy (non-hydrogen) atoms. The van der Waals surface area contributed by atoms with E-state index in [1.807, 2.05) is 11.8 Å². The number of rotatable bonds is 22. The molecule has 18 nitrogen and oxygen atoms in total. The number of carboxylic acids is 1. The maximum Gasteiger partial charge on any atom is 0.410 e. The highest BCUT2D eigenvalue weighted by atomic mass is 16.6. The average molecular weight is 832 g/mol. The fourth-order valence-corrected chi connectivity index (χ4v) is 5.59. The van der Waals surface area contributed by atoms with E-state index in [-0.39, 0.29) is 76.3 Å². The van der Waals surface area contributed by atoms with Gasteiger partial charge in [0.25, 0.3) is 0 Å². The number of ether oxygens (including phenoxy) is 6. The number of aliphatic carboxylic acids is 1. The minimum absolute atomic E-state index is 0.0386. The van der Waals surface area contributed by atoms with Crippen molar-refractivity contribution >= 4 is 35.9 Å². The fourth-order valence-electron chi connectivity index (χ4n) is 5.59. The van der Waals surface area contributed by atoms with E-state index in [9.17, 15) is 28.8 Å². The van der Waals surface area contributed by atoms with Gasteiger partial charge in [-0.05, 0) is 88.5 Å². The second-order valence-electron chi connectivity index (χ2n) is 17.2. The van der Waals surface area contributed by atoms with Crippen LogP contribution < -0.4 is 10.6 Å². The number of carboxylic acid groups (broad SMARTS) is 1. The van der Waals surface area contributed by atoms with Crippen molar-refractivity contribution in [3.05, 3.63) is 0 Å². The minimum Gasteiger partial charge on any atom is -0.481 e. The van der Waals surface area contributed by atoms with Crippen molar-refractivity contribution < 1.29 is 62.3 Å². The molecule has 2 unspecified atom stereocenters. The monoisotopic (exact) mass is 832 g/mol. The summed E-state index contributed by atoms with van der Waals surface area (Å²) < 4.78 is 33.8. The van der Waals surface area contributed by atoms with Crippen LogP contribution in [0.4, 0.5) is 9.59 Å². The highest BCUT2D eigenvalue weighted by Crippen LogP contribution is 2.21. The number of carbonyl (C=O) groups is 6. The summed E-state index contributed by atoms with van der Waals surface area (Å²) in [6.45, 7) is 22.2. The predicted octanol–water partition coefficient (Wildman–Crippen LogP) is 3.58. The van der Waals surface area contributed by atoms with Gasteiger partial charge in [0, 0.05) is 77.9 Å². The molecule has 336 valence electrons. The zero-order valence-electron chi connectivity index (χ0n) is 36.8. The van der Waals surface area contributed by atoms with E-state index in [1.165, 1.54) is 9.80 Å². The molecule has 1 aliphatic heterocycles. The Bertz CT molecular complexity index is 1280. The first-order valence-electron chi connectivity index (χ1n) is 20.4. The lowest BCUT2D eigenvalue weighted by Crippen LogP contribution is -2.54. The van der Waals surface area contributed by atoms with Crippen molar-refractivity contribution in [1.82, 2.24) is 25.3 Å². The SMILES string of the molecule is CC1CN(C(=O)OC(C)(C)C)CCN(C(=O)OC(C)(C)C)CCN1C(CCC(=O)NCCCOCCOCCOCCCNC(=O)CCC(=O)O)C(=O)OC(C)(C)C. The van der Waals surface area contributed by atoms with E-state index in [0.29, 0.717) is 65.6 Å². The molecule has 0 saturated carbocycles. The van der Waals surface area contributed by atoms with Crippen LogP contribution in [0.2, 0.25) is 0 Å². The van der Waals surface area contributed by atoms with Gasteiger partial charge in [0.05, 0.1) is 32.8 Å². The lowest BCUT2D eigenvalue weighted by atomic mass is 10.1. The van der Waals surface area contributed by atoms with Crippen LogP contribution in [0.15, 0.2) is 0 Å². The molecule has 18 heteroatoms. The molecule has 0 aromatic heterocycles. The molecule has 3 N–H and O–H groups in total. The largest absolute Gasteiger partial charge is 0.481 e. The van der Waals surface area contributed by atoms with Gasteiger partial charge in [0.1, 0.15) is 22.8 Å². The highest BCUT2D eigenvalue weighted by molar-refractivity contribution is 5.81. The Morgan fingerprint density at radius 1 is 0.603 bits per heavy atom. The maximum absolute atomic E-state index is 13.8. The van der Waals surface area contributed by atoms with Crippen LogP contribution in [0.1, 0.15) is 108 Å². The van der Waals surface area contributed by atoms with Gasteiger partial charge >= 0.3 is 24.1 Å². The molecule has 1 heterocycles. The van der Waals surface area contributed by atoms with Crippen LogP contribution in [0, 0.1) is 0 Å². The Balaban J connectivity index is 2.67. The van der Waals surface area contributed by atoms with Crippen LogP contribution in [0.3, 0.4) is 0 Å². The van der Waals surface area contributed by atoms with Crippen LogP contribution in [0.5, 0.6) is 0 Å². The summed E-state index contributed by atoms with van der Waals surface area (Å²) in [5.74, 6) is -2.04. The number of esters is 1. The summed E-state index contributed by atoms with van der Waals surface area (Å²) in [6, 6.07) is -1.22. The van der Waals surface area contributed by atoms with Crippen LogP contribution in [-0.4, -0.2) is 170 Å². The quantitative estimate of drug-likeness (QED) is 0.0809. The van der Waals surface area contributed by atoms with Crippen LogP contribution in [0.25, 0.3) is 0 Å². The minimum atomic E-state index is -1.01. The van der Waals surface area contributed by atoms with E-state index in [0.717, 1.165) is 0 Å². The number of hydrogen-bond donors (Lipinski definition) is 3. The van der Waals surface area contributed by atoms with Gasteiger partial charge in [-0.2, -0.15) is 0 Å². The highest BCUT2D eigenvalue weighted by Gasteiger charge is 2.37. The van der Waals surface area contributed by atoms with Gasteiger partial charge in [-0.3, -0.25) is 24.1 Å². The molecule has 0 aromatic rings. The fraction of sp³-hybridized carbons (Fsp3) is 0.850. The first-order valence-corrected chi connectivity index (χ1v) is 20.4. The summed E-state index contributed by atoms with van der Waals surface area (Å²) in [4.78, 5) is 80.3. The van der Waals surface area contributed by atoms with Crippen LogP contribution in [-0.2, 0) is 47.6 Å². The number of hydrogen-bond acceptors (Lipinski definition) is 13. The molecule has 1 saturated heterocycles. The van der Waals surface area contributed by atoms with Gasteiger partial charge in [-0.25, -0.2) is 9.59 Å². The van der Waals surface area contributed by atoms with E-state index < -0.39 is 47.0 Å². The van der Waals surface area contributed by atoms with E-state index >= 15 is 0 Å². The van der Waals surface area contributed by atoms with E-state index in [1.54, 1.807) is 62.3 Å². The molecule has 0 aromatic carbocycles. The zero-order valence-corrected chi connectivity index (χ0v) is 36.8. The third kappa shape index (κ3) is 25.6. The normalized spacial score (nSPS) is 16.3. The predicted molar refractivity (Wildman–Crippen MR) is 215 cm³/mol. The molecule has 1 rings (SSSR count). The van der Waals surface area contributed by atoms with Crippen LogP contribution >= 0.6 is 0 Å². The van der Waals surface area contributed by atoms with Crippen molar-refractivity contribution in [2.24, 2.45) is 0 Å². The number of nitrogens with one attached hydrogen (secondary N) is 2. The summed E-state index contributed by atoms with van der Waals surface area (Å²) in [6.07, 6.45) is 0.0522. The van der Waals surface area contributed by atoms with Crippen molar-refractivity contribution in [2.45, 2.75) is 137 Å². The van der Waals surface area contributed by atoms with Gasteiger partial charge in [0.2, 0.25) is 11.8 Å². The Morgan fingerprint density at radius 3 is 1.52 bits per heavy atom. The van der Waals surface area contributed by atoms with Gasteiger partial charge < -0.3 is 54.0 Å². The molecule has 1 fully saturated rings. The van der Waals surface area contributed by atoms with Gasteiger partial charge in [-0.15, -0.1) is 0 Å². The summed E-state index contributed by atoms with van der Waals surface area (Å²) in [5.41, 5.74) is -2.28. The molecule has 4 amide bonds. The van der Waals surface area contributed by atoms with Gasteiger partial charge in [0.15, 0.2) is 0 Å². The van der Waals surface area contributed by atoms with Crippen molar-refractivity contribution in [2.75, 3.05) is 85.5 Å². The lowest BCUT2D eigenvalue weighted by Gasteiger charge is -2.38. The zero-order chi connectivity index (χ0) is 43.9.